The first-order chi connectivity index (χ1) is 7.05. The van der Waals surface area contributed by atoms with Crippen molar-refractivity contribution in [3.05, 3.63) is 0 Å². The molecule has 5 heteroatoms. The molecular weight excluding hydrogens is 196 g/mol. The van der Waals surface area contributed by atoms with Crippen LogP contribution < -0.4 is 10.6 Å². The summed E-state index contributed by atoms with van der Waals surface area (Å²) in [6, 6.07) is 0. The van der Waals surface area contributed by atoms with Gasteiger partial charge in [0.15, 0.2) is 0 Å². The van der Waals surface area contributed by atoms with E-state index in [9.17, 15) is 4.79 Å². The molecule has 15 heavy (non-hydrogen) atoms. The molecule has 1 aliphatic heterocycles. The summed E-state index contributed by atoms with van der Waals surface area (Å²) in [5.74, 6) is -0.0794. The Bertz CT molecular complexity index is 213. The monoisotopic (exact) mass is 216 g/mol. The van der Waals surface area contributed by atoms with E-state index >= 15 is 0 Å². The lowest BCUT2D eigenvalue weighted by Crippen LogP contribution is -2.55. The van der Waals surface area contributed by atoms with Gasteiger partial charge in [-0.1, -0.05) is 0 Å². The molecule has 0 spiro atoms. The molecular formula is C10H20N2O3. The summed E-state index contributed by atoms with van der Waals surface area (Å²) in [5.41, 5.74) is -0.355. The summed E-state index contributed by atoms with van der Waals surface area (Å²) in [5, 5.41) is 6.01. The van der Waals surface area contributed by atoms with Crippen LogP contribution >= 0.6 is 0 Å². The first kappa shape index (κ1) is 12.4. The molecule has 2 N–H and O–H groups in total. The SMILES string of the molecule is COCC(C)(C)NC(=O)[C@H]1CNCCO1. The molecule has 0 aliphatic carbocycles. The lowest BCUT2D eigenvalue weighted by Gasteiger charge is -2.29. The lowest BCUT2D eigenvalue weighted by molar-refractivity contribution is -0.136. The smallest absolute Gasteiger partial charge is 0.250 e. The number of methoxy groups -OCH3 is 1. The number of hydrogen-bond acceptors (Lipinski definition) is 4. The normalized spacial score (nSPS) is 22.5. The van der Waals surface area contributed by atoms with E-state index in [1.807, 2.05) is 13.8 Å². The summed E-state index contributed by atoms with van der Waals surface area (Å²) < 4.78 is 10.4. The van der Waals surface area contributed by atoms with Crippen LogP contribution in [0.5, 0.6) is 0 Å². The van der Waals surface area contributed by atoms with Crippen LogP contribution in [0.2, 0.25) is 0 Å². The molecule has 1 fully saturated rings. The number of morpholine rings is 1. The third-order valence-corrected chi connectivity index (χ3v) is 2.19. The Hall–Kier alpha value is -0.650. The van der Waals surface area contributed by atoms with E-state index in [0.717, 1.165) is 6.54 Å². The predicted octanol–water partition coefficient (Wildman–Crippen LogP) is -0.484. The second-order valence-electron chi connectivity index (χ2n) is 4.37. The fourth-order valence-electron chi connectivity index (χ4n) is 1.54. The molecule has 5 nitrogen and oxygen atoms in total. The maximum atomic E-state index is 11.8. The largest absolute Gasteiger partial charge is 0.382 e. The van der Waals surface area contributed by atoms with Crippen LogP contribution in [0.25, 0.3) is 0 Å². The van der Waals surface area contributed by atoms with Gasteiger partial charge in [-0.2, -0.15) is 0 Å². The minimum absolute atomic E-state index is 0.0794. The number of carbonyl (C=O) groups excluding carboxylic acids is 1. The number of rotatable bonds is 4. The van der Waals surface area contributed by atoms with Gasteiger partial charge in [0.25, 0.3) is 5.91 Å². The van der Waals surface area contributed by atoms with Gasteiger partial charge < -0.3 is 20.1 Å². The van der Waals surface area contributed by atoms with Crippen molar-refractivity contribution < 1.29 is 14.3 Å². The van der Waals surface area contributed by atoms with Gasteiger partial charge in [-0.05, 0) is 13.8 Å². The third kappa shape index (κ3) is 4.15. The molecule has 0 aromatic heterocycles. The van der Waals surface area contributed by atoms with Gasteiger partial charge in [0.05, 0.1) is 18.8 Å². The Labute approximate surface area is 90.5 Å². The van der Waals surface area contributed by atoms with Crippen molar-refractivity contribution in [2.45, 2.75) is 25.5 Å². The number of ether oxygens (including phenoxy) is 2. The average Bonchev–Trinajstić information content (AvgIpc) is 2.18. The molecule has 1 amide bonds. The average molecular weight is 216 g/mol. The highest BCUT2D eigenvalue weighted by Crippen LogP contribution is 2.04. The molecule has 1 atom stereocenters. The van der Waals surface area contributed by atoms with Crippen molar-refractivity contribution in [1.29, 1.82) is 0 Å². The van der Waals surface area contributed by atoms with Gasteiger partial charge in [-0.15, -0.1) is 0 Å². The van der Waals surface area contributed by atoms with Crippen LogP contribution in [0.4, 0.5) is 0 Å². The summed E-state index contributed by atoms with van der Waals surface area (Å²) in [4.78, 5) is 11.8. The number of amides is 1. The quantitative estimate of drug-likeness (QED) is 0.666. The highest BCUT2D eigenvalue weighted by Gasteiger charge is 2.27. The maximum absolute atomic E-state index is 11.8. The van der Waals surface area contributed by atoms with Gasteiger partial charge in [-0.3, -0.25) is 4.79 Å². The summed E-state index contributed by atoms with van der Waals surface area (Å²) in [7, 11) is 1.62. The van der Waals surface area contributed by atoms with E-state index in [1.54, 1.807) is 7.11 Å². The van der Waals surface area contributed by atoms with E-state index in [-0.39, 0.29) is 17.6 Å². The van der Waals surface area contributed by atoms with Crippen LogP contribution in [0.3, 0.4) is 0 Å². The fraction of sp³-hybridized carbons (Fsp3) is 0.900. The minimum Gasteiger partial charge on any atom is -0.382 e. The summed E-state index contributed by atoms with van der Waals surface area (Å²) in [6.45, 7) is 6.30. The molecule has 1 heterocycles. The van der Waals surface area contributed by atoms with E-state index in [4.69, 9.17) is 9.47 Å². The molecule has 1 aliphatic rings. The maximum Gasteiger partial charge on any atom is 0.250 e. The van der Waals surface area contributed by atoms with E-state index in [1.165, 1.54) is 0 Å². The first-order valence-electron chi connectivity index (χ1n) is 5.18. The standard InChI is InChI=1S/C10H20N2O3/c1-10(2,7-14-3)12-9(13)8-6-11-4-5-15-8/h8,11H,4-7H2,1-3H3,(H,12,13)/t8-/m1/s1. The molecule has 0 radical (unpaired) electrons. The van der Waals surface area contributed by atoms with Gasteiger partial charge in [-0.25, -0.2) is 0 Å². The second-order valence-corrected chi connectivity index (χ2v) is 4.37. The summed E-state index contributed by atoms with van der Waals surface area (Å²) >= 11 is 0. The van der Waals surface area contributed by atoms with E-state index < -0.39 is 0 Å². The topological polar surface area (TPSA) is 59.6 Å². The van der Waals surface area contributed by atoms with Crippen LogP contribution in [-0.4, -0.2) is 51.0 Å². The van der Waals surface area contributed by atoms with Crippen LogP contribution in [0, 0.1) is 0 Å². The van der Waals surface area contributed by atoms with Crippen molar-refractivity contribution in [2.24, 2.45) is 0 Å². The van der Waals surface area contributed by atoms with Crippen molar-refractivity contribution in [3.63, 3.8) is 0 Å². The zero-order valence-corrected chi connectivity index (χ0v) is 9.63. The Balaban J connectivity index is 2.39. The summed E-state index contributed by atoms with van der Waals surface area (Å²) in [6.07, 6.45) is -0.380. The van der Waals surface area contributed by atoms with Crippen LogP contribution in [0.1, 0.15) is 13.8 Å². The Morgan fingerprint density at radius 1 is 1.67 bits per heavy atom. The van der Waals surface area contributed by atoms with Crippen LogP contribution in [-0.2, 0) is 14.3 Å². The van der Waals surface area contributed by atoms with E-state index in [0.29, 0.717) is 19.8 Å². The van der Waals surface area contributed by atoms with Crippen molar-refractivity contribution >= 4 is 5.91 Å². The minimum atomic E-state index is -0.380. The molecule has 0 unspecified atom stereocenters. The molecule has 1 saturated heterocycles. The highest BCUT2D eigenvalue weighted by molar-refractivity contribution is 5.81. The Morgan fingerprint density at radius 3 is 2.93 bits per heavy atom. The zero-order valence-electron chi connectivity index (χ0n) is 9.63. The van der Waals surface area contributed by atoms with Gasteiger partial charge in [0.1, 0.15) is 6.10 Å². The first-order valence-corrected chi connectivity index (χ1v) is 5.18. The van der Waals surface area contributed by atoms with Crippen molar-refractivity contribution in [1.82, 2.24) is 10.6 Å². The zero-order chi connectivity index (χ0) is 11.3. The molecule has 88 valence electrons. The predicted molar refractivity (Wildman–Crippen MR) is 56.7 cm³/mol. The van der Waals surface area contributed by atoms with Crippen molar-refractivity contribution in [3.8, 4) is 0 Å². The number of nitrogens with one attached hydrogen (secondary N) is 2. The third-order valence-electron chi connectivity index (χ3n) is 2.19. The molecule has 0 aromatic rings. The van der Waals surface area contributed by atoms with Gasteiger partial charge in [0, 0.05) is 20.2 Å². The van der Waals surface area contributed by atoms with Gasteiger partial charge >= 0.3 is 0 Å². The number of carbonyl (C=O) groups is 1. The highest BCUT2D eigenvalue weighted by atomic mass is 16.5. The second kappa shape index (κ2) is 5.44. The van der Waals surface area contributed by atoms with Gasteiger partial charge in [0.2, 0.25) is 0 Å². The fourth-order valence-corrected chi connectivity index (χ4v) is 1.54. The molecule has 0 saturated carbocycles. The van der Waals surface area contributed by atoms with E-state index in [2.05, 4.69) is 10.6 Å². The van der Waals surface area contributed by atoms with Crippen LogP contribution in [0.15, 0.2) is 0 Å². The molecule has 0 aromatic carbocycles. The molecule has 1 rings (SSSR count). The lowest BCUT2D eigenvalue weighted by atomic mass is 10.1. The van der Waals surface area contributed by atoms with Crippen molar-refractivity contribution in [2.75, 3.05) is 33.4 Å². The number of hydrogen-bond donors (Lipinski definition) is 2. The Morgan fingerprint density at radius 2 is 2.40 bits per heavy atom. The Kier molecular flexibility index (Phi) is 4.50. The molecule has 0 bridgehead atoms.